The second kappa shape index (κ2) is 7.08. The van der Waals surface area contributed by atoms with Crippen molar-refractivity contribution in [1.29, 1.82) is 0 Å². The van der Waals surface area contributed by atoms with Crippen LogP contribution in [0.3, 0.4) is 0 Å². The molecule has 0 aromatic heterocycles. The van der Waals surface area contributed by atoms with E-state index in [1.807, 2.05) is 12.1 Å². The van der Waals surface area contributed by atoms with Gasteiger partial charge in [-0.1, -0.05) is 6.07 Å². The predicted octanol–water partition coefficient (Wildman–Crippen LogP) is 4.06. The van der Waals surface area contributed by atoms with E-state index >= 15 is 0 Å². The number of benzene rings is 2. The number of amides is 1. The van der Waals surface area contributed by atoms with E-state index in [9.17, 15) is 14.0 Å². The molecule has 1 amide bonds. The zero-order chi connectivity index (χ0) is 19.0. The monoisotopic (exact) mass is 428 g/mol. The first-order valence-electron chi connectivity index (χ1n) is 8.40. The van der Waals surface area contributed by atoms with E-state index in [4.69, 9.17) is 4.74 Å². The van der Waals surface area contributed by atoms with Crippen molar-refractivity contribution < 1.29 is 18.7 Å². The molecule has 0 atom stereocenters. The Morgan fingerprint density at radius 1 is 1.15 bits per heavy atom. The number of carbonyl (C=O) groups excluding carboxylic acids is 2. The van der Waals surface area contributed by atoms with Gasteiger partial charge in [-0.25, -0.2) is 14.2 Å². The van der Waals surface area contributed by atoms with Gasteiger partial charge in [0, 0.05) is 24.2 Å². The highest BCUT2D eigenvalue weighted by Gasteiger charge is 2.25. The lowest BCUT2D eigenvalue weighted by atomic mass is 10.2. The van der Waals surface area contributed by atoms with Crippen molar-refractivity contribution in [2.75, 3.05) is 11.4 Å². The molecule has 1 saturated heterocycles. The number of cyclic esters (lactones) is 1. The predicted molar refractivity (Wildman–Crippen MR) is 103 cm³/mol. The van der Waals surface area contributed by atoms with E-state index < -0.39 is 5.97 Å². The molecule has 0 saturated carbocycles. The molecule has 0 N–H and O–H groups in total. The minimum atomic E-state index is -0.566. The van der Waals surface area contributed by atoms with Crippen LogP contribution in [0.25, 0.3) is 6.08 Å². The number of ether oxygens (including phenoxy) is 1. The molecule has 27 heavy (non-hydrogen) atoms. The van der Waals surface area contributed by atoms with Crippen LogP contribution >= 0.6 is 15.9 Å². The topological polar surface area (TPSA) is 59.0 Å². The molecule has 0 unspecified atom stereocenters. The molecule has 2 aliphatic heterocycles. The normalized spacial score (nSPS) is 18.2. The van der Waals surface area contributed by atoms with Crippen molar-refractivity contribution in [2.45, 2.75) is 12.8 Å². The molecule has 0 radical (unpaired) electrons. The fourth-order valence-electron chi connectivity index (χ4n) is 3.00. The number of nitrogens with zero attached hydrogens (tertiary/aromatic N) is 2. The van der Waals surface area contributed by atoms with Gasteiger partial charge in [0.1, 0.15) is 5.82 Å². The Balaban J connectivity index is 1.58. The molecule has 0 bridgehead atoms. The van der Waals surface area contributed by atoms with Gasteiger partial charge in [-0.2, -0.15) is 0 Å². The third kappa shape index (κ3) is 3.55. The number of halogens is 2. The van der Waals surface area contributed by atoms with Gasteiger partial charge in [0.05, 0.1) is 4.47 Å². The van der Waals surface area contributed by atoms with Gasteiger partial charge in [-0.05, 0) is 70.4 Å². The van der Waals surface area contributed by atoms with E-state index in [1.54, 1.807) is 29.2 Å². The first-order valence-corrected chi connectivity index (χ1v) is 9.19. The molecule has 0 aliphatic carbocycles. The van der Waals surface area contributed by atoms with Crippen LogP contribution in [0.4, 0.5) is 10.1 Å². The smallest absolute Gasteiger partial charge is 0.363 e. The number of esters is 1. The van der Waals surface area contributed by atoms with Crippen LogP contribution in [0, 0.1) is 5.82 Å². The molecule has 7 heteroatoms. The number of carbonyl (C=O) groups is 2. The third-order valence-corrected chi connectivity index (χ3v) is 4.97. The number of aliphatic imine (C=N–C) groups is 1. The van der Waals surface area contributed by atoms with Crippen molar-refractivity contribution in [2.24, 2.45) is 4.99 Å². The zero-order valence-electron chi connectivity index (χ0n) is 14.1. The van der Waals surface area contributed by atoms with Crippen LogP contribution in [0.15, 0.2) is 57.6 Å². The molecule has 2 heterocycles. The fourth-order valence-corrected chi connectivity index (χ4v) is 3.39. The number of hydrogen-bond donors (Lipinski definition) is 0. The first-order chi connectivity index (χ1) is 13.0. The summed E-state index contributed by atoms with van der Waals surface area (Å²) in [6.07, 6.45) is 2.97. The largest absolute Gasteiger partial charge is 0.402 e. The Bertz CT molecular complexity index is 999. The second-order valence-corrected chi connectivity index (χ2v) is 7.06. The van der Waals surface area contributed by atoms with Crippen molar-refractivity contribution >= 4 is 45.5 Å². The van der Waals surface area contributed by atoms with E-state index in [0.717, 1.165) is 12.1 Å². The maximum Gasteiger partial charge on any atom is 0.363 e. The highest BCUT2D eigenvalue weighted by molar-refractivity contribution is 9.10. The maximum absolute atomic E-state index is 13.3. The maximum atomic E-state index is 13.3. The second-order valence-electron chi connectivity index (χ2n) is 6.21. The van der Waals surface area contributed by atoms with Crippen molar-refractivity contribution in [3.63, 3.8) is 0 Å². The first kappa shape index (κ1) is 17.6. The Morgan fingerprint density at radius 3 is 2.59 bits per heavy atom. The van der Waals surface area contributed by atoms with E-state index in [0.29, 0.717) is 28.6 Å². The summed E-state index contributed by atoms with van der Waals surface area (Å²) < 4.78 is 18.9. The van der Waals surface area contributed by atoms with Crippen molar-refractivity contribution in [1.82, 2.24) is 0 Å². The van der Waals surface area contributed by atoms with E-state index in [1.165, 1.54) is 12.1 Å². The Morgan fingerprint density at radius 2 is 1.93 bits per heavy atom. The highest BCUT2D eigenvalue weighted by Crippen LogP contribution is 2.25. The quantitative estimate of drug-likeness (QED) is 0.546. The Hall–Kier alpha value is -2.80. The minimum absolute atomic E-state index is 0.114. The summed E-state index contributed by atoms with van der Waals surface area (Å²) in [7, 11) is 0. The van der Waals surface area contributed by atoms with Gasteiger partial charge < -0.3 is 9.64 Å². The van der Waals surface area contributed by atoms with Gasteiger partial charge in [-0.15, -0.1) is 0 Å². The number of hydrogen-bond acceptors (Lipinski definition) is 4. The molecule has 2 aliphatic rings. The lowest BCUT2D eigenvalue weighted by molar-refractivity contribution is -0.130. The molecular formula is C20H14BrFN2O3. The van der Waals surface area contributed by atoms with Crippen LogP contribution in [0.2, 0.25) is 0 Å². The molecule has 0 spiro atoms. The van der Waals surface area contributed by atoms with Crippen molar-refractivity contribution in [3.8, 4) is 0 Å². The molecule has 1 fully saturated rings. The molecular weight excluding hydrogens is 415 g/mol. The van der Waals surface area contributed by atoms with Crippen LogP contribution in [-0.4, -0.2) is 24.3 Å². The minimum Gasteiger partial charge on any atom is -0.402 e. The standard InChI is InChI=1S/C20H14BrFN2O3/c21-15-10-12(3-8-16(15)22)11-17-20(26)27-19(23-17)13-4-6-14(7-5-13)24-9-1-2-18(24)25/h3-8,10-11H,1-2,9H2/b17-11+. The average molecular weight is 429 g/mol. The molecule has 2 aromatic carbocycles. The lowest BCUT2D eigenvalue weighted by Gasteiger charge is -2.15. The molecule has 136 valence electrons. The van der Waals surface area contributed by atoms with Crippen LogP contribution in [0.1, 0.15) is 24.0 Å². The SMILES string of the molecule is O=C1OC(c2ccc(N3CCCC3=O)cc2)=N/C1=C/c1ccc(F)c(Br)c1. The van der Waals surface area contributed by atoms with Crippen LogP contribution < -0.4 is 4.90 Å². The van der Waals surface area contributed by atoms with Gasteiger partial charge in [0.2, 0.25) is 11.8 Å². The van der Waals surface area contributed by atoms with E-state index in [-0.39, 0.29) is 23.3 Å². The summed E-state index contributed by atoms with van der Waals surface area (Å²) in [4.78, 5) is 29.9. The fraction of sp³-hybridized carbons (Fsp3) is 0.150. The van der Waals surface area contributed by atoms with Gasteiger partial charge in [0.25, 0.3) is 0 Å². The molecule has 2 aromatic rings. The van der Waals surface area contributed by atoms with Crippen molar-refractivity contribution in [3.05, 3.63) is 69.6 Å². The van der Waals surface area contributed by atoms with Gasteiger partial charge >= 0.3 is 5.97 Å². The Labute approximate surface area is 163 Å². The number of anilines is 1. The lowest BCUT2D eigenvalue weighted by Crippen LogP contribution is -2.23. The van der Waals surface area contributed by atoms with Gasteiger partial charge in [0.15, 0.2) is 5.70 Å². The summed E-state index contributed by atoms with van der Waals surface area (Å²) in [6, 6.07) is 11.6. The average Bonchev–Trinajstić information content (AvgIpc) is 3.24. The zero-order valence-corrected chi connectivity index (χ0v) is 15.7. The summed E-state index contributed by atoms with van der Waals surface area (Å²) in [5, 5.41) is 0. The summed E-state index contributed by atoms with van der Waals surface area (Å²) >= 11 is 3.11. The molecule has 5 nitrogen and oxygen atoms in total. The van der Waals surface area contributed by atoms with Crippen LogP contribution in [0.5, 0.6) is 0 Å². The Kier molecular flexibility index (Phi) is 4.61. The summed E-state index contributed by atoms with van der Waals surface area (Å²) in [5.41, 5.74) is 2.23. The van der Waals surface area contributed by atoms with E-state index in [2.05, 4.69) is 20.9 Å². The number of rotatable bonds is 3. The summed E-state index contributed by atoms with van der Waals surface area (Å²) in [5.74, 6) is -0.633. The summed E-state index contributed by atoms with van der Waals surface area (Å²) in [6.45, 7) is 0.716. The highest BCUT2D eigenvalue weighted by atomic mass is 79.9. The van der Waals surface area contributed by atoms with Crippen LogP contribution in [-0.2, 0) is 14.3 Å². The third-order valence-electron chi connectivity index (χ3n) is 4.37. The van der Waals surface area contributed by atoms with Gasteiger partial charge in [-0.3, -0.25) is 4.79 Å². The molecule has 4 rings (SSSR count).